The monoisotopic (exact) mass is 268 g/mol. The minimum atomic E-state index is -0.348. The number of carbonyl (C=O) groups excluding carboxylic acids is 2. The van der Waals surface area contributed by atoms with E-state index in [2.05, 4.69) is 0 Å². The molecule has 18 heavy (non-hydrogen) atoms. The average Bonchev–Trinajstić information content (AvgIpc) is 2.70. The Labute approximate surface area is 110 Å². The first kappa shape index (κ1) is 13.1. The summed E-state index contributed by atoms with van der Waals surface area (Å²) in [6, 6.07) is 0. The van der Waals surface area contributed by atoms with Gasteiger partial charge in [-0.2, -0.15) is 0 Å². The summed E-state index contributed by atoms with van der Waals surface area (Å²) in [6.45, 7) is 4.46. The number of carbonyl (C=O) groups is 2. The van der Waals surface area contributed by atoms with Crippen molar-refractivity contribution in [3.8, 4) is 5.06 Å². The average molecular weight is 268 g/mol. The number of fused-ring (bicyclic) bond motifs is 1. The fourth-order valence-electron chi connectivity index (χ4n) is 2.11. The fraction of sp³-hybridized carbons (Fsp3) is 0.538. The maximum absolute atomic E-state index is 11.9. The van der Waals surface area contributed by atoms with Crippen LogP contribution >= 0.6 is 11.3 Å². The van der Waals surface area contributed by atoms with Crippen LogP contribution in [0.1, 0.15) is 52.3 Å². The molecule has 1 aromatic heterocycles. The predicted octanol–water partition coefficient (Wildman–Crippen LogP) is 2.84. The molecule has 0 aliphatic heterocycles. The normalized spacial score (nSPS) is 14.2. The SMILES string of the molecule is CCOC(=O)c1sc(OCC)c2c1CCCC2=O. The minimum Gasteiger partial charge on any atom is -0.484 e. The summed E-state index contributed by atoms with van der Waals surface area (Å²) in [4.78, 5) is 24.3. The van der Waals surface area contributed by atoms with E-state index in [0.717, 1.165) is 18.4 Å². The molecule has 0 atom stereocenters. The van der Waals surface area contributed by atoms with E-state index in [9.17, 15) is 9.59 Å². The fourth-order valence-corrected chi connectivity index (χ4v) is 3.28. The van der Waals surface area contributed by atoms with E-state index in [1.54, 1.807) is 6.92 Å². The van der Waals surface area contributed by atoms with Gasteiger partial charge < -0.3 is 9.47 Å². The topological polar surface area (TPSA) is 52.6 Å². The Bertz CT molecular complexity index is 476. The van der Waals surface area contributed by atoms with Crippen molar-refractivity contribution in [3.63, 3.8) is 0 Å². The molecule has 1 aromatic rings. The van der Waals surface area contributed by atoms with Crippen molar-refractivity contribution in [2.75, 3.05) is 13.2 Å². The smallest absolute Gasteiger partial charge is 0.348 e. The highest BCUT2D eigenvalue weighted by atomic mass is 32.1. The standard InChI is InChI=1S/C13H16O4S/c1-3-16-12(15)11-8-6-5-7-9(14)10(8)13(18-11)17-4-2/h3-7H2,1-2H3. The molecule has 5 heteroatoms. The summed E-state index contributed by atoms with van der Waals surface area (Å²) >= 11 is 1.23. The number of esters is 1. The van der Waals surface area contributed by atoms with Crippen molar-refractivity contribution in [3.05, 3.63) is 16.0 Å². The Morgan fingerprint density at radius 2 is 2.06 bits per heavy atom. The lowest BCUT2D eigenvalue weighted by Crippen LogP contribution is -2.13. The summed E-state index contributed by atoms with van der Waals surface area (Å²) in [5.74, 6) is -0.272. The Kier molecular flexibility index (Phi) is 4.01. The van der Waals surface area contributed by atoms with E-state index in [1.165, 1.54) is 11.3 Å². The minimum absolute atomic E-state index is 0.0755. The lowest BCUT2D eigenvalue weighted by Gasteiger charge is -2.12. The van der Waals surface area contributed by atoms with Gasteiger partial charge in [0.1, 0.15) is 4.88 Å². The molecule has 0 spiro atoms. The van der Waals surface area contributed by atoms with E-state index in [1.807, 2.05) is 6.92 Å². The Morgan fingerprint density at radius 1 is 1.28 bits per heavy atom. The predicted molar refractivity (Wildman–Crippen MR) is 68.7 cm³/mol. The van der Waals surface area contributed by atoms with Crippen molar-refractivity contribution < 1.29 is 19.1 Å². The Morgan fingerprint density at radius 3 is 2.72 bits per heavy atom. The van der Waals surface area contributed by atoms with Gasteiger partial charge in [0.15, 0.2) is 10.8 Å². The van der Waals surface area contributed by atoms with Crippen LogP contribution in [0.15, 0.2) is 0 Å². The maximum atomic E-state index is 11.9. The third-order valence-electron chi connectivity index (χ3n) is 2.82. The molecule has 1 heterocycles. The molecule has 2 rings (SSSR count). The molecule has 0 saturated carbocycles. The molecule has 1 aliphatic carbocycles. The maximum Gasteiger partial charge on any atom is 0.348 e. The summed E-state index contributed by atoms with van der Waals surface area (Å²) < 4.78 is 10.5. The largest absolute Gasteiger partial charge is 0.484 e. The van der Waals surface area contributed by atoms with Crippen LogP contribution in [0, 0.1) is 0 Å². The van der Waals surface area contributed by atoms with Gasteiger partial charge in [0.05, 0.1) is 18.8 Å². The molecule has 4 nitrogen and oxygen atoms in total. The van der Waals surface area contributed by atoms with Crippen LogP contribution in [-0.4, -0.2) is 25.0 Å². The lowest BCUT2D eigenvalue weighted by molar-refractivity contribution is 0.0531. The molecule has 0 radical (unpaired) electrons. The van der Waals surface area contributed by atoms with Crippen molar-refractivity contribution in [2.24, 2.45) is 0 Å². The Hall–Kier alpha value is -1.36. The van der Waals surface area contributed by atoms with E-state index < -0.39 is 0 Å². The molecule has 98 valence electrons. The molecule has 0 N–H and O–H groups in total. The first-order chi connectivity index (χ1) is 8.69. The number of thiophene rings is 1. The van der Waals surface area contributed by atoms with E-state index in [-0.39, 0.29) is 11.8 Å². The van der Waals surface area contributed by atoms with Gasteiger partial charge in [-0.05, 0) is 32.3 Å². The second kappa shape index (κ2) is 5.52. The van der Waals surface area contributed by atoms with E-state index >= 15 is 0 Å². The summed E-state index contributed by atoms with van der Waals surface area (Å²) in [6.07, 6.45) is 2.07. The van der Waals surface area contributed by atoms with Crippen molar-refractivity contribution in [1.29, 1.82) is 0 Å². The highest BCUT2D eigenvalue weighted by Gasteiger charge is 2.30. The molecular weight excluding hydrogens is 252 g/mol. The first-order valence-corrected chi connectivity index (χ1v) is 6.99. The number of rotatable bonds is 4. The molecule has 0 aromatic carbocycles. The number of ketones is 1. The third kappa shape index (κ3) is 2.27. The van der Waals surface area contributed by atoms with Crippen LogP contribution in [0.3, 0.4) is 0 Å². The molecular formula is C13H16O4S. The van der Waals surface area contributed by atoms with Gasteiger partial charge >= 0.3 is 5.97 Å². The quantitative estimate of drug-likeness (QED) is 0.788. The highest BCUT2D eigenvalue weighted by molar-refractivity contribution is 7.16. The summed E-state index contributed by atoms with van der Waals surface area (Å²) in [7, 11) is 0. The van der Waals surface area contributed by atoms with Crippen LogP contribution < -0.4 is 4.74 Å². The van der Waals surface area contributed by atoms with E-state index in [0.29, 0.717) is 35.1 Å². The number of hydrogen-bond donors (Lipinski definition) is 0. The van der Waals surface area contributed by atoms with Crippen LogP contribution in [0.2, 0.25) is 0 Å². The second-order valence-electron chi connectivity index (χ2n) is 4.00. The van der Waals surface area contributed by atoms with E-state index in [4.69, 9.17) is 9.47 Å². The molecule has 0 unspecified atom stereocenters. The summed E-state index contributed by atoms with van der Waals surface area (Å²) in [5, 5.41) is 0.570. The van der Waals surface area contributed by atoms with Gasteiger partial charge in [-0.1, -0.05) is 11.3 Å². The van der Waals surface area contributed by atoms with Gasteiger partial charge in [0.2, 0.25) is 0 Å². The molecule has 0 fully saturated rings. The third-order valence-corrected chi connectivity index (χ3v) is 3.95. The van der Waals surface area contributed by atoms with Gasteiger partial charge in [-0.3, -0.25) is 4.79 Å². The Balaban J connectivity index is 2.45. The van der Waals surface area contributed by atoms with Crippen LogP contribution in [0.5, 0.6) is 5.06 Å². The summed E-state index contributed by atoms with van der Waals surface area (Å²) in [5.41, 5.74) is 1.43. The van der Waals surface area contributed by atoms with Crippen LogP contribution in [0.4, 0.5) is 0 Å². The number of ether oxygens (including phenoxy) is 2. The first-order valence-electron chi connectivity index (χ1n) is 6.17. The second-order valence-corrected chi connectivity index (χ2v) is 4.99. The number of hydrogen-bond acceptors (Lipinski definition) is 5. The van der Waals surface area contributed by atoms with Crippen molar-refractivity contribution in [2.45, 2.75) is 33.1 Å². The van der Waals surface area contributed by atoms with Gasteiger partial charge in [0, 0.05) is 6.42 Å². The lowest BCUT2D eigenvalue weighted by atomic mass is 9.92. The molecule has 0 amide bonds. The van der Waals surface area contributed by atoms with Gasteiger partial charge in [0.25, 0.3) is 0 Å². The van der Waals surface area contributed by atoms with Crippen LogP contribution in [-0.2, 0) is 11.2 Å². The molecule has 0 saturated heterocycles. The van der Waals surface area contributed by atoms with Gasteiger partial charge in [-0.15, -0.1) is 0 Å². The van der Waals surface area contributed by atoms with Crippen molar-refractivity contribution >= 4 is 23.1 Å². The zero-order valence-electron chi connectivity index (χ0n) is 10.6. The highest BCUT2D eigenvalue weighted by Crippen LogP contribution is 2.40. The molecule has 0 bridgehead atoms. The zero-order chi connectivity index (χ0) is 13.1. The van der Waals surface area contributed by atoms with Crippen LogP contribution in [0.25, 0.3) is 0 Å². The van der Waals surface area contributed by atoms with Gasteiger partial charge in [-0.25, -0.2) is 4.79 Å². The number of Topliss-reactive ketones (excluding diaryl/α,β-unsaturated/α-hetero) is 1. The van der Waals surface area contributed by atoms with Crippen molar-refractivity contribution in [1.82, 2.24) is 0 Å². The molecule has 1 aliphatic rings. The zero-order valence-corrected chi connectivity index (χ0v) is 11.4.